The van der Waals surface area contributed by atoms with Gasteiger partial charge in [-0.15, -0.1) is 0 Å². The second-order valence-corrected chi connectivity index (χ2v) is 7.96. The third kappa shape index (κ3) is 6.17. The third-order valence-electron chi connectivity index (χ3n) is 3.57. The predicted octanol–water partition coefficient (Wildman–Crippen LogP) is 1.57. The lowest BCUT2D eigenvalue weighted by Crippen LogP contribution is -2.38. The van der Waals surface area contributed by atoms with Gasteiger partial charge in [0.2, 0.25) is 0 Å². The summed E-state index contributed by atoms with van der Waals surface area (Å²) in [6.45, 7) is -0.609. The fourth-order valence-corrected chi connectivity index (χ4v) is 4.02. The Bertz CT molecular complexity index is 817. The monoisotopic (exact) mass is 391 g/mol. The van der Waals surface area contributed by atoms with Crippen LogP contribution in [0.1, 0.15) is 17.5 Å². The zero-order chi connectivity index (χ0) is 19.4. The molecule has 2 rings (SSSR count). The highest BCUT2D eigenvalue weighted by atomic mass is 32.2. The van der Waals surface area contributed by atoms with Gasteiger partial charge in [0.05, 0.1) is 17.1 Å². The average Bonchev–Trinajstić information content (AvgIpc) is 2.89. The van der Waals surface area contributed by atoms with E-state index in [1.54, 1.807) is 0 Å². The summed E-state index contributed by atoms with van der Waals surface area (Å²) in [4.78, 5) is 23.1. The van der Waals surface area contributed by atoms with Crippen LogP contribution in [0.25, 0.3) is 6.08 Å². The van der Waals surface area contributed by atoms with Crippen molar-refractivity contribution in [2.45, 2.75) is 18.6 Å². The van der Waals surface area contributed by atoms with Gasteiger partial charge in [-0.05, 0) is 30.2 Å². The first-order valence-corrected chi connectivity index (χ1v) is 9.39. The van der Waals surface area contributed by atoms with Crippen LogP contribution in [0.5, 0.6) is 0 Å². The highest BCUT2D eigenvalue weighted by Gasteiger charge is 2.30. The molecule has 1 atom stereocenters. The number of esters is 1. The molecule has 1 saturated heterocycles. The summed E-state index contributed by atoms with van der Waals surface area (Å²) >= 11 is 0. The zero-order valence-corrected chi connectivity index (χ0v) is 14.3. The first-order valence-electron chi connectivity index (χ1n) is 7.57. The van der Waals surface area contributed by atoms with Crippen LogP contribution in [-0.2, 0) is 30.3 Å². The Balaban J connectivity index is 1.81. The molecule has 0 radical (unpaired) electrons. The van der Waals surface area contributed by atoms with E-state index in [0.717, 1.165) is 24.3 Å². The number of nitrogens with one attached hydrogen (secondary N) is 1. The molecule has 0 saturated carbocycles. The first-order chi connectivity index (χ1) is 12.0. The van der Waals surface area contributed by atoms with E-state index in [0.29, 0.717) is 6.42 Å². The minimum atomic E-state index is -4.49. The van der Waals surface area contributed by atoms with Crippen molar-refractivity contribution in [3.05, 3.63) is 41.5 Å². The van der Waals surface area contributed by atoms with E-state index in [-0.39, 0.29) is 17.1 Å². The van der Waals surface area contributed by atoms with Crippen LogP contribution in [0.3, 0.4) is 0 Å². The predicted molar refractivity (Wildman–Crippen MR) is 86.6 cm³/mol. The first kappa shape index (κ1) is 20.0. The number of sulfone groups is 1. The number of carbonyl (C=O) groups is 2. The maximum Gasteiger partial charge on any atom is 0.416 e. The van der Waals surface area contributed by atoms with E-state index in [1.165, 1.54) is 12.1 Å². The molecule has 1 aliphatic rings. The highest BCUT2D eigenvalue weighted by Crippen LogP contribution is 2.29. The van der Waals surface area contributed by atoms with Gasteiger partial charge < -0.3 is 10.1 Å². The van der Waals surface area contributed by atoms with Gasteiger partial charge in [0, 0.05) is 12.1 Å². The number of halogens is 3. The topological polar surface area (TPSA) is 89.5 Å². The van der Waals surface area contributed by atoms with Crippen molar-refractivity contribution in [2.24, 2.45) is 0 Å². The molecule has 6 nitrogen and oxygen atoms in total. The number of benzene rings is 1. The van der Waals surface area contributed by atoms with Gasteiger partial charge in [-0.25, -0.2) is 13.2 Å². The van der Waals surface area contributed by atoms with Crippen molar-refractivity contribution in [1.29, 1.82) is 0 Å². The van der Waals surface area contributed by atoms with Crippen molar-refractivity contribution in [1.82, 2.24) is 5.32 Å². The van der Waals surface area contributed by atoms with E-state index >= 15 is 0 Å². The Morgan fingerprint density at radius 1 is 1.31 bits per heavy atom. The highest BCUT2D eigenvalue weighted by molar-refractivity contribution is 7.91. The average molecular weight is 391 g/mol. The summed E-state index contributed by atoms with van der Waals surface area (Å²) in [7, 11) is -3.14. The summed E-state index contributed by atoms with van der Waals surface area (Å²) in [6.07, 6.45) is -2.14. The second-order valence-electron chi connectivity index (χ2n) is 5.73. The number of hydrogen-bond donors (Lipinski definition) is 1. The molecule has 1 fully saturated rings. The van der Waals surface area contributed by atoms with E-state index in [4.69, 9.17) is 0 Å². The van der Waals surface area contributed by atoms with Crippen molar-refractivity contribution < 1.29 is 35.9 Å². The van der Waals surface area contributed by atoms with Crippen LogP contribution in [0.15, 0.2) is 30.3 Å². The lowest BCUT2D eigenvalue weighted by atomic mass is 10.1. The summed E-state index contributed by atoms with van der Waals surface area (Å²) in [5.74, 6) is -1.70. The molecule has 0 unspecified atom stereocenters. The molecule has 0 bridgehead atoms. The van der Waals surface area contributed by atoms with Crippen LogP contribution in [0, 0.1) is 0 Å². The number of carbonyl (C=O) groups excluding carboxylic acids is 2. The van der Waals surface area contributed by atoms with Gasteiger partial charge in [-0.2, -0.15) is 13.2 Å². The number of alkyl halides is 3. The summed E-state index contributed by atoms with van der Waals surface area (Å²) in [5, 5.41) is 2.44. The lowest BCUT2D eigenvalue weighted by Gasteiger charge is -2.10. The molecule has 1 N–H and O–H groups in total. The number of amides is 1. The van der Waals surface area contributed by atoms with Crippen molar-refractivity contribution >= 4 is 27.8 Å². The number of hydrogen-bond acceptors (Lipinski definition) is 5. The molecule has 1 aliphatic heterocycles. The smallest absolute Gasteiger partial charge is 0.416 e. The summed E-state index contributed by atoms with van der Waals surface area (Å²) in [6, 6.07) is 3.86. The Morgan fingerprint density at radius 2 is 2.04 bits per heavy atom. The fourth-order valence-electron chi connectivity index (χ4n) is 2.35. The van der Waals surface area contributed by atoms with Gasteiger partial charge in [-0.1, -0.05) is 12.1 Å². The molecule has 0 aromatic heterocycles. The molecular weight excluding hydrogens is 375 g/mol. The second kappa shape index (κ2) is 7.90. The van der Waals surface area contributed by atoms with Crippen molar-refractivity contribution in [2.75, 3.05) is 18.1 Å². The van der Waals surface area contributed by atoms with Gasteiger partial charge in [0.25, 0.3) is 5.91 Å². The van der Waals surface area contributed by atoms with Crippen molar-refractivity contribution in [3.63, 3.8) is 0 Å². The Kier molecular flexibility index (Phi) is 6.06. The maximum absolute atomic E-state index is 12.6. The molecule has 1 heterocycles. The van der Waals surface area contributed by atoms with Crippen molar-refractivity contribution in [3.8, 4) is 0 Å². The molecule has 26 heavy (non-hydrogen) atoms. The maximum atomic E-state index is 12.6. The molecule has 142 valence electrons. The molecule has 10 heteroatoms. The van der Waals surface area contributed by atoms with Gasteiger partial charge >= 0.3 is 12.1 Å². The number of rotatable bonds is 5. The summed E-state index contributed by atoms with van der Waals surface area (Å²) in [5.41, 5.74) is -0.698. The zero-order valence-electron chi connectivity index (χ0n) is 13.5. The van der Waals surface area contributed by atoms with Crippen LogP contribution in [0.2, 0.25) is 0 Å². The lowest BCUT2D eigenvalue weighted by molar-refractivity contribution is -0.144. The fraction of sp³-hybridized carbons (Fsp3) is 0.375. The third-order valence-corrected chi connectivity index (χ3v) is 5.34. The van der Waals surface area contributed by atoms with Crippen LogP contribution in [-0.4, -0.2) is 44.4 Å². The van der Waals surface area contributed by atoms with Crippen LogP contribution >= 0.6 is 0 Å². The van der Waals surface area contributed by atoms with E-state index < -0.39 is 46.1 Å². The van der Waals surface area contributed by atoms with E-state index in [1.807, 2.05) is 0 Å². The Morgan fingerprint density at radius 3 is 2.65 bits per heavy atom. The Hall–Kier alpha value is -2.36. The van der Waals surface area contributed by atoms with Crippen LogP contribution < -0.4 is 5.32 Å². The molecule has 1 aromatic carbocycles. The van der Waals surface area contributed by atoms with E-state index in [9.17, 15) is 31.2 Å². The van der Waals surface area contributed by atoms with E-state index in [2.05, 4.69) is 10.1 Å². The SMILES string of the molecule is O=C(COC(=O)/C=C/c1cccc(C(F)(F)F)c1)N[C@H]1CCS(=O)(=O)C1. The molecule has 0 spiro atoms. The molecule has 1 aromatic rings. The van der Waals surface area contributed by atoms with Gasteiger partial charge in [-0.3, -0.25) is 4.79 Å². The normalized spacial score (nSPS) is 19.4. The quantitative estimate of drug-likeness (QED) is 0.608. The van der Waals surface area contributed by atoms with Crippen LogP contribution in [0.4, 0.5) is 13.2 Å². The van der Waals surface area contributed by atoms with Gasteiger partial charge in [0.1, 0.15) is 0 Å². The number of ether oxygens (including phenoxy) is 1. The standard InChI is InChI=1S/C16H16F3NO5S/c17-16(18,19)12-3-1-2-11(8-12)4-5-15(22)25-9-14(21)20-13-6-7-26(23,24)10-13/h1-5,8,13H,6-7,9-10H2,(H,20,21)/b5-4+/t13-/m0/s1. The largest absolute Gasteiger partial charge is 0.452 e. The minimum Gasteiger partial charge on any atom is -0.452 e. The van der Waals surface area contributed by atoms with Gasteiger partial charge in [0.15, 0.2) is 16.4 Å². The molecule has 1 amide bonds. The minimum absolute atomic E-state index is 0.00252. The molecular formula is C16H16F3NO5S. The summed E-state index contributed by atoms with van der Waals surface area (Å²) < 4.78 is 65.0. The Labute approximate surface area is 147 Å². The molecule has 0 aliphatic carbocycles.